The number of likely N-dealkylation sites (tertiary alicyclic amines) is 2. The highest BCUT2D eigenvalue weighted by molar-refractivity contribution is 7.88. The van der Waals surface area contributed by atoms with E-state index in [1.165, 1.54) is 42.6 Å². The minimum absolute atomic E-state index is 0.00585. The van der Waals surface area contributed by atoms with Crippen LogP contribution < -0.4 is 5.32 Å². The Morgan fingerprint density at radius 2 is 1.78 bits per heavy atom. The summed E-state index contributed by atoms with van der Waals surface area (Å²) < 4.78 is 25.3. The monoisotopic (exact) mass is 534 g/mol. The lowest BCUT2D eigenvalue weighted by atomic mass is 9.72. The number of piperidine rings is 2. The molecule has 1 atom stereocenters. The third kappa shape index (κ3) is 7.00. The fourth-order valence-corrected chi connectivity index (χ4v) is 7.34. The van der Waals surface area contributed by atoms with Gasteiger partial charge in [-0.3, -0.25) is 4.79 Å². The summed E-state index contributed by atoms with van der Waals surface area (Å²) in [5.41, 5.74) is 1.74. The maximum atomic E-state index is 13.4. The van der Waals surface area contributed by atoms with Gasteiger partial charge in [-0.25, -0.2) is 22.7 Å². The summed E-state index contributed by atoms with van der Waals surface area (Å²) in [4.78, 5) is 26.6. The van der Waals surface area contributed by atoms with Gasteiger partial charge in [-0.05, 0) is 76.3 Å². The number of carbonyl (C=O) groups excluding carboxylic acids is 1. The first-order valence-electron chi connectivity index (χ1n) is 14.0. The SMILES string of the molecule is Cc1c(NCC2CCCC(C)(C)C2)ncnc1C(=O)N1CCC(N2CCC(N(C)S(C)(=O)=O)CC2)CC1. The van der Waals surface area contributed by atoms with E-state index in [4.69, 9.17) is 0 Å². The quantitative estimate of drug-likeness (QED) is 0.573. The fourth-order valence-electron chi connectivity index (χ4n) is 6.58. The second kappa shape index (κ2) is 11.5. The van der Waals surface area contributed by atoms with Crippen molar-refractivity contribution in [1.82, 2.24) is 24.1 Å². The van der Waals surface area contributed by atoms with Crippen LogP contribution in [0.5, 0.6) is 0 Å². The summed E-state index contributed by atoms with van der Waals surface area (Å²) in [6.07, 6.45) is 11.4. The Morgan fingerprint density at radius 1 is 1.11 bits per heavy atom. The zero-order chi connectivity index (χ0) is 26.8. The van der Waals surface area contributed by atoms with E-state index in [-0.39, 0.29) is 11.9 Å². The fraction of sp³-hybridized carbons (Fsp3) is 0.815. The van der Waals surface area contributed by atoms with Crippen LogP contribution in [-0.2, 0) is 10.0 Å². The third-order valence-electron chi connectivity index (χ3n) is 8.96. The Morgan fingerprint density at radius 3 is 2.41 bits per heavy atom. The normalized spacial score (nSPS) is 24.4. The standard InChI is InChI=1S/C27H46N6O3S/c1-20-24(29-19-30-25(20)28-18-21-7-6-12-27(2,3)17-21)26(34)33-15-10-23(11-16-33)32-13-8-22(9-14-32)31(4)37(5,35)36/h19,21-23H,6-18H2,1-5H3,(H,28,29,30). The van der Waals surface area contributed by atoms with Crippen LogP contribution in [-0.4, -0.2) is 96.5 Å². The molecular formula is C27H46N6O3S. The number of sulfonamides is 1. The second-order valence-electron chi connectivity index (χ2n) is 12.3. The van der Waals surface area contributed by atoms with Crippen LogP contribution in [0.3, 0.4) is 0 Å². The molecule has 1 unspecified atom stereocenters. The molecule has 9 nitrogen and oxygen atoms in total. The molecule has 3 aliphatic rings. The largest absolute Gasteiger partial charge is 0.369 e. The van der Waals surface area contributed by atoms with Gasteiger partial charge in [0.05, 0.1) is 6.26 Å². The van der Waals surface area contributed by atoms with Gasteiger partial charge in [0.15, 0.2) is 0 Å². The molecule has 1 aromatic heterocycles. The molecule has 4 rings (SSSR count). The number of nitrogens with one attached hydrogen (secondary N) is 1. The number of hydrogen-bond acceptors (Lipinski definition) is 7. The van der Waals surface area contributed by atoms with Crippen molar-refractivity contribution < 1.29 is 13.2 Å². The zero-order valence-corrected chi connectivity index (χ0v) is 24.2. The molecule has 2 saturated heterocycles. The maximum Gasteiger partial charge on any atom is 0.272 e. The van der Waals surface area contributed by atoms with Crippen molar-refractivity contribution in [2.24, 2.45) is 11.3 Å². The van der Waals surface area contributed by atoms with Crippen molar-refractivity contribution in [3.8, 4) is 0 Å². The number of carbonyl (C=O) groups is 1. The predicted molar refractivity (Wildman–Crippen MR) is 147 cm³/mol. The van der Waals surface area contributed by atoms with Crippen LogP contribution in [0.2, 0.25) is 0 Å². The first-order valence-corrected chi connectivity index (χ1v) is 15.8. The van der Waals surface area contributed by atoms with Crippen LogP contribution in [0.15, 0.2) is 6.33 Å². The summed E-state index contributed by atoms with van der Waals surface area (Å²) in [6, 6.07) is 0.526. The van der Waals surface area contributed by atoms with Crippen LogP contribution in [0.25, 0.3) is 0 Å². The molecule has 1 aliphatic carbocycles. The van der Waals surface area contributed by atoms with Crippen molar-refractivity contribution in [1.29, 1.82) is 0 Å². The Kier molecular flexibility index (Phi) is 8.80. The first-order chi connectivity index (χ1) is 17.4. The molecule has 1 amide bonds. The topological polar surface area (TPSA) is 98.7 Å². The molecule has 0 spiro atoms. The Hall–Kier alpha value is -1.78. The molecule has 3 fully saturated rings. The van der Waals surface area contributed by atoms with E-state index in [1.54, 1.807) is 7.05 Å². The highest BCUT2D eigenvalue weighted by Gasteiger charge is 2.33. The minimum Gasteiger partial charge on any atom is -0.369 e. The molecule has 37 heavy (non-hydrogen) atoms. The average molecular weight is 535 g/mol. The average Bonchev–Trinajstić information content (AvgIpc) is 2.86. The number of nitrogens with zero attached hydrogens (tertiary/aromatic N) is 5. The summed E-state index contributed by atoms with van der Waals surface area (Å²) in [6.45, 7) is 10.8. The molecule has 3 heterocycles. The number of hydrogen-bond donors (Lipinski definition) is 1. The molecule has 208 valence electrons. The van der Waals surface area contributed by atoms with Crippen molar-refractivity contribution in [3.05, 3.63) is 17.6 Å². The highest BCUT2D eigenvalue weighted by atomic mass is 32.2. The number of rotatable bonds is 7. The lowest BCUT2D eigenvalue weighted by molar-refractivity contribution is 0.0542. The lowest BCUT2D eigenvalue weighted by Crippen LogP contribution is -2.52. The lowest BCUT2D eigenvalue weighted by Gasteiger charge is -2.43. The first kappa shape index (κ1) is 28.2. The maximum absolute atomic E-state index is 13.4. The number of amides is 1. The molecule has 0 aromatic carbocycles. The van der Waals surface area contributed by atoms with Gasteiger partial charge in [0.25, 0.3) is 5.91 Å². The van der Waals surface area contributed by atoms with Gasteiger partial charge in [-0.2, -0.15) is 0 Å². The summed E-state index contributed by atoms with van der Waals surface area (Å²) in [5.74, 6) is 1.40. The van der Waals surface area contributed by atoms with E-state index in [2.05, 4.69) is 34.0 Å². The Bertz CT molecular complexity index is 1050. The van der Waals surface area contributed by atoms with Gasteiger partial charge in [-0.1, -0.05) is 20.3 Å². The molecule has 1 aromatic rings. The zero-order valence-electron chi connectivity index (χ0n) is 23.4. The smallest absolute Gasteiger partial charge is 0.272 e. The van der Waals surface area contributed by atoms with Gasteiger partial charge in [0.2, 0.25) is 10.0 Å². The summed E-state index contributed by atoms with van der Waals surface area (Å²) in [7, 11) is -1.47. The number of aromatic nitrogens is 2. The van der Waals surface area contributed by atoms with Gasteiger partial charge >= 0.3 is 0 Å². The van der Waals surface area contributed by atoms with Crippen LogP contribution >= 0.6 is 0 Å². The molecular weight excluding hydrogens is 488 g/mol. The van der Waals surface area contributed by atoms with E-state index >= 15 is 0 Å². The van der Waals surface area contributed by atoms with Crippen LogP contribution in [0.4, 0.5) is 5.82 Å². The molecule has 1 N–H and O–H groups in total. The van der Waals surface area contributed by atoms with Crippen molar-refractivity contribution in [2.75, 3.05) is 51.3 Å². The summed E-state index contributed by atoms with van der Waals surface area (Å²) >= 11 is 0. The Balaban J connectivity index is 1.28. The van der Waals surface area contributed by atoms with E-state index in [0.29, 0.717) is 23.1 Å². The predicted octanol–water partition coefficient (Wildman–Crippen LogP) is 3.37. The third-order valence-corrected chi connectivity index (χ3v) is 10.3. The molecule has 10 heteroatoms. The van der Waals surface area contributed by atoms with Crippen molar-refractivity contribution in [3.63, 3.8) is 0 Å². The number of anilines is 1. The molecule has 2 aliphatic heterocycles. The summed E-state index contributed by atoms with van der Waals surface area (Å²) in [5, 5.41) is 3.52. The Labute approximate surface area is 223 Å². The van der Waals surface area contributed by atoms with Gasteiger partial charge in [0, 0.05) is 44.3 Å². The van der Waals surface area contributed by atoms with Crippen molar-refractivity contribution in [2.45, 2.75) is 84.2 Å². The van der Waals surface area contributed by atoms with E-state index in [1.807, 2.05) is 11.8 Å². The molecule has 0 radical (unpaired) electrons. The van der Waals surface area contributed by atoms with Crippen LogP contribution in [0, 0.1) is 18.3 Å². The highest BCUT2D eigenvalue weighted by Crippen LogP contribution is 2.38. The second-order valence-corrected chi connectivity index (χ2v) is 14.3. The van der Waals surface area contributed by atoms with Crippen LogP contribution in [0.1, 0.15) is 81.3 Å². The van der Waals surface area contributed by atoms with E-state index < -0.39 is 10.0 Å². The minimum atomic E-state index is -3.15. The van der Waals surface area contributed by atoms with Gasteiger partial charge < -0.3 is 15.1 Å². The van der Waals surface area contributed by atoms with E-state index in [9.17, 15) is 13.2 Å². The molecule has 0 bridgehead atoms. The van der Waals surface area contributed by atoms with Crippen molar-refractivity contribution >= 4 is 21.7 Å². The van der Waals surface area contributed by atoms with Gasteiger partial charge in [-0.15, -0.1) is 0 Å². The molecule has 1 saturated carbocycles. The van der Waals surface area contributed by atoms with Gasteiger partial charge in [0.1, 0.15) is 17.8 Å². The van der Waals surface area contributed by atoms with E-state index in [0.717, 1.165) is 69.8 Å².